The Morgan fingerprint density at radius 2 is 2.29 bits per heavy atom. The van der Waals surface area contributed by atoms with Crippen molar-refractivity contribution >= 4 is 0 Å². The van der Waals surface area contributed by atoms with Crippen molar-refractivity contribution in [1.29, 1.82) is 0 Å². The third-order valence-corrected chi connectivity index (χ3v) is 2.93. The monoisotopic (exact) mass is 236 g/mol. The molecule has 0 aliphatic rings. The predicted molar refractivity (Wildman–Crippen MR) is 69.3 cm³/mol. The highest BCUT2D eigenvalue weighted by Gasteiger charge is 2.12. The summed E-state index contributed by atoms with van der Waals surface area (Å²) in [5.74, 6) is -0.224. The summed E-state index contributed by atoms with van der Waals surface area (Å²) in [5.41, 5.74) is 0.714. The van der Waals surface area contributed by atoms with Crippen molar-refractivity contribution < 1.29 is 4.39 Å². The smallest absolute Gasteiger partial charge is 0.146 e. The molecule has 0 aliphatic heterocycles. The minimum atomic E-state index is -0.224. The van der Waals surface area contributed by atoms with Crippen LogP contribution in [0.15, 0.2) is 31.1 Å². The van der Waals surface area contributed by atoms with E-state index < -0.39 is 0 Å². The fourth-order valence-electron chi connectivity index (χ4n) is 1.94. The molecule has 1 N–H and O–H groups in total. The molecule has 1 aromatic heterocycles. The van der Waals surface area contributed by atoms with Crippen molar-refractivity contribution in [2.24, 2.45) is 0 Å². The Morgan fingerprint density at radius 1 is 1.47 bits per heavy atom. The average Bonchev–Trinajstić information content (AvgIpc) is 2.35. The van der Waals surface area contributed by atoms with Crippen LogP contribution in [0.3, 0.4) is 0 Å². The number of unbranched alkanes of at least 4 members (excludes halogenated alkanes) is 3. The molecule has 2 nitrogen and oxygen atoms in total. The van der Waals surface area contributed by atoms with Crippen molar-refractivity contribution in [3.8, 4) is 0 Å². The van der Waals surface area contributed by atoms with Crippen LogP contribution in [0.25, 0.3) is 0 Å². The molecule has 3 heteroatoms. The van der Waals surface area contributed by atoms with Crippen LogP contribution < -0.4 is 5.32 Å². The zero-order chi connectivity index (χ0) is 12.5. The summed E-state index contributed by atoms with van der Waals surface area (Å²) in [5, 5.41) is 3.16. The second kappa shape index (κ2) is 7.96. The van der Waals surface area contributed by atoms with E-state index in [2.05, 4.69) is 16.9 Å². The lowest BCUT2D eigenvalue weighted by Gasteiger charge is -2.16. The highest BCUT2D eigenvalue weighted by Crippen LogP contribution is 2.21. The molecule has 94 valence electrons. The fraction of sp³-hybridized carbons (Fsp3) is 0.500. The molecule has 0 bridgehead atoms. The standard InChI is InChI=1S/C14H21FN2/c1-3-4-5-6-7-8-14(16-2)12-9-10-17-11-13(12)15/h3,9-11,14,16H,1,4-8H2,2H3. The molecule has 1 heterocycles. The molecule has 0 spiro atoms. The maximum Gasteiger partial charge on any atom is 0.146 e. The third kappa shape index (κ3) is 4.65. The summed E-state index contributed by atoms with van der Waals surface area (Å²) < 4.78 is 13.5. The summed E-state index contributed by atoms with van der Waals surface area (Å²) in [6.45, 7) is 3.70. The van der Waals surface area contributed by atoms with Gasteiger partial charge in [-0.25, -0.2) is 4.39 Å². The molecule has 0 radical (unpaired) electrons. The fourth-order valence-corrected chi connectivity index (χ4v) is 1.94. The van der Waals surface area contributed by atoms with E-state index in [0.29, 0.717) is 5.56 Å². The number of pyridine rings is 1. The van der Waals surface area contributed by atoms with E-state index in [0.717, 1.165) is 25.7 Å². The van der Waals surface area contributed by atoms with E-state index in [9.17, 15) is 4.39 Å². The van der Waals surface area contributed by atoms with Crippen LogP contribution in [-0.4, -0.2) is 12.0 Å². The molecule has 17 heavy (non-hydrogen) atoms. The Morgan fingerprint density at radius 3 is 2.94 bits per heavy atom. The Labute approximate surface area is 103 Å². The molecular weight excluding hydrogens is 215 g/mol. The summed E-state index contributed by atoms with van der Waals surface area (Å²) >= 11 is 0. The topological polar surface area (TPSA) is 24.9 Å². The van der Waals surface area contributed by atoms with E-state index in [-0.39, 0.29) is 11.9 Å². The number of halogens is 1. The zero-order valence-electron chi connectivity index (χ0n) is 10.5. The highest BCUT2D eigenvalue weighted by atomic mass is 19.1. The average molecular weight is 236 g/mol. The van der Waals surface area contributed by atoms with Gasteiger partial charge in [-0.15, -0.1) is 6.58 Å². The third-order valence-electron chi connectivity index (χ3n) is 2.93. The minimum absolute atomic E-state index is 0.0849. The Hall–Kier alpha value is -1.22. The summed E-state index contributed by atoms with van der Waals surface area (Å²) in [6.07, 6.45) is 10.3. The van der Waals surface area contributed by atoms with Gasteiger partial charge in [-0.3, -0.25) is 4.98 Å². The Kier molecular flexibility index (Phi) is 6.48. The van der Waals surface area contributed by atoms with Crippen molar-refractivity contribution in [2.75, 3.05) is 7.05 Å². The largest absolute Gasteiger partial charge is 0.313 e. The van der Waals surface area contributed by atoms with Gasteiger partial charge in [0.15, 0.2) is 0 Å². The van der Waals surface area contributed by atoms with Gasteiger partial charge >= 0.3 is 0 Å². The first kappa shape index (κ1) is 13.8. The van der Waals surface area contributed by atoms with Gasteiger partial charge in [0.1, 0.15) is 5.82 Å². The van der Waals surface area contributed by atoms with Gasteiger partial charge in [0.05, 0.1) is 6.20 Å². The van der Waals surface area contributed by atoms with Gasteiger partial charge in [-0.1, -0.05) is 18.9 Å². The number of allylic oxidation sites excluding steroid dienone is 1. The number of hydrogen-bond acceptors (Lipinski definition) is 2. The SMILES string of the molecule is C=CCCCCCC(NC)c1ccncc1F. The molecule has 1 aromatic rings. The molecule has 0 aliphatic carbocycles. The molecule has 0 amide bonds. The summed E-state index contributed by atoms with van der Waals surface area (Å²) in [4.78, 5) is 3.77. The number of hydrogen-bond donors (Lipinski definition) is 1. The lowest BCUT2D eigenvalue weighted by atomic mass is 10.0. The zero-order valence-corrected chi connectivity index (χ0v) is 10.5. The van der Waals surface area contributed by atoms with Gasteiger partial charge < -0.3 is 5.32 Å². The van der Waals surface area contributed by atoms with Crippen LogP contribution in [0, 0.1) is 5.82 Å². The van der Waals surface area contributed by atoms with Crippen LogP contribution in [-0.2, 0) is 0 Å². The molecule has 1 atom stereocenters. The maximum absolute atomic E-state index is 13.5. The van der Waals surface area contributed by atoms with E-state index in [1.807, 2.05) is 13.1 Å². The number of aromatic nitrogens is 1. The second-order valence-electron chi connectivity index (χ2n) is 4.17. The highest BCUT2D eigenvalue weighted by molar-refractivity contribution is 5.17. The van der Waals surface area contributed by atoms with E-state index in [1.165, 1.54) is 12.6 Å². The normalized spacial score (nSPS) is 12.4. The number of nitrogens with zero attached hydrogens (tertiary/aromatic N) is 1. The van der Waals surface area contributed by atoms with Crippen LogP contribution in [0.1, 0.15) is 43.7 Å². The second-order valence-corrected chi connectivity index (χ2v) is 4.17. The van der Waals surface area contributed by atoms with E-state index in [4.69, 9.17) is 0 Å². The van der Waals surface area contributed by atoms with Crippen molar-refractivity contribution in [3.63, 3.8) is 0 Å². The molecule has 0 aromatic carbocycles. The first-order chi connectivity index (χ1) is 8.29. The van der Waals surface area contributed by atoms with E-state index in [1.54, 1.807) is 12.3 Å². The van der Waals surface area contributed by atoms with Crippen LogP contribution in [0.5, 0.6) is 0 Å². The molecule has 1 rings (SSSR count). The molecule has 1 unspecified atom stereocenters. The van der Waals surface area contributed by atoms with Gasteiger partial charge in [0.25, 0.3) is 0 Å². The van der Waals surface area contributed by atoms with Gasteiger partial charge in [-0.2, -0.15) is 0 Å². The van der Waals surface area contributed by atoms with Gasteiger partial charge in [0, 0.05) is 17.8 Å². The van der Waals surface area contributed by atoms with E-state index >= 15 is 0 Å². The number of rotatable bonds is 8. The molecular formula is C14H21FN2. The molecule has 0 fully saturated rings. The first-order valence-corrected chi connectivity index (χ1v) is 6.17. The summed E-state index contributed by atoms with van der Waals surface area (Å²) in [7, 11) is 1.87. The van der Waals surface area contributed by atoms with Gasteiger partial charge in [0.2, 0.25) is 0 Å². The van der Waals surface area contributed by atoms with Crippen molar-refractivity contribution in [1.82, 2.24) is 10.3 Å². The first-order valence-electron chi connectivity index (χ1n) is 6.17. The van der Waals surface area contributed by atoms with Crippen molar-refractivity contribution in [3.05, 3.63) is 42.5 Å². The lowest BCUT2D eigenvalue weighted by molar-refractivity contribution is 0.480. The van der Waals surface area contributed by atoms with Crippen LogP contribution >= 0.6 is 0 Å². The lowest BCUT2D eigenvalue weighted by Crippen LogP contribution is -2.17. The maximum atomic E-state index is 13.5. The Balaban J connectivity index is 2.43. The van der Waals surface area contributed by atoms with Gasteiger partial charge in [-0.05, 0) is 32.4 Å². The quantitative estimate of drug-likeness (QED) is 0.551. The molecule has 0 saturated carbocycles. The predicted octanol–water partition coefficient (Wildman–Crippen LogP) is 3.62. The van der Waals surface area contributed by atoms with Crippen LogP contribution in [0.4, 0.5) is 4.39 Å². The minimum Gasteiger partial charge on any atom is -0.313 e. The molecule has 0 saturated heterocycles. The summed E-state index contributed by atoms with van der Waals surface area (Å²) in [6, 6.07) is 1.84. The van der Waals surface area contributed by atoms with Crippen LogP contribution in [0.2, 0.25) is 0 Å². The number of nitrogens with one attached hydrogen (secondary N) is 1. The van der Waals surface area contributed by atoms with Crippen molar-refractivity contribution in [2.45, 2.75) is 38.1 Å². The Bertz CT molecular complexity index is 339.